The summed E-state index contributed by atoms with van der Waals surface area (Å²) in [7, 11) is 0. The number of nitrogens with zero attached hydrogens (tertiary/aromatic N) is 1. The number of hydrogen-bond donors (Lipinski definition) is 0. The molecular weight excluding hydrogens is 246 g/mol. The zero-order valence-electron chi connectivity index (χ0n) is 11.3. The average molecular weight is 263 g/mol. The molecule has 1 aliphatic rings. The Kier molecular flexibility index (Phi) is 3.64. The van der Waals surface area contributed by atoms with Gasteiger partial charge in [-0.1, -0.05) is 54.6 Å². The zero-order valence-corrected chi connectivity index (χ0v) is 11.3. The van der Waals surface area contributed by atoms with Crippen molar-refractivity contribution in [3.8, 4) is 0 Å². The molecule has 20 heavy (non-hydrogen) atoms. The number of benzene rings is 2. The van der Waals surface area contributed by atoms with E-state index >= 15 is 0 Å². The molecule has 0 fully saturated rings. The van der Waals surface area contributed by atoms with Crippen LogP contribution in [0.3, 0.4) is 0 Å². The van der Waals surface area contributed by atoms with Gasteiger partial charge in [0.15, 0.2) is 0 Å². The van der Waals surface area contributed by atoms with Crippen molar-refractivity contribution in [1.82, 2.24) is 4.90 Å². The summed E-state index contributed by atoms with van der Waals surface area (Å²) in [6, 6.07) is 18.6. The van der Waals surface area contributed by atoms with Crippen LogP contribution in [0.2, 0.25) is 0 Å². The van der Waals surface area contributed by atoms with Crippen molar-refractivity contribution < 1.29 is 4.79 Å². The minimum absolute atomic E-state index is 0.866. The Morgan fingerprint density at radius 2 is 1.65 bits per heavy atom. The highest BCUT2D eigenvalue weighted by molar-refractivity contribution is 5.80. The largest absolute Gasteiger partial charge is 0.366 e. The molecule has 1 aliphatic heterocycles. The van der Waals surface area contributed by atoms with Crippen LogP contribution >= 0.6 is 0 Å². The van der Waals surface area contributed by atoms with Crippen molar-refractivity contribution in [2.45, 2.75) is 13.0 Å². The fraction of sp³-hybridized carbons (Fsp3) is 0.167. The highest BCUT2D eigenvalue weighted by Crippen LogP contribution is 2.26. The van der Waals surface area contributed by atoms with Gasteiger partial charge in [0.05, 0.1) is 0 Å². The maximum Gasteiger partial charge on any atom is 0.144 e. The molecule has 0 atom stereocenters. The number of allylic oxidation sites excluding steroid dienone is 1. The molecular formula is C18H17NO. The van der Waals surface area contributed by atoms with Gasteiger partial charge in [0, 0.05) is 24.9 Å². The number of aldehydes is 1. The number of rotatable bonds is 3. The highest BCUT2D eigenvalue weighted by atomic mass is 16.1. The van der Waals surface area contributed by atoms with E-state index in [0.717, 1.165) is 37.1 Å². The minimum atomic E-state index is 0.866. The molecule has 3 rings (SSSR count). The molecule has 0 aromatic heterocycles. The van der Waals surface area contributed by atoms with Crippen LogP contribution in [0.4, 0.5) is 0 Å². The van der Waals surface area contributed by atoms with E-state index in [9.17, 15) is 4.79 Å². The third kappa shape index (κ3) is 2.50. The molecule has 2 aromatic carbocycles. The predicted molar refractivity (Wildman–Crippen MR) is 81.0 cm³/mol. The Balaban J connectivity index is 1.92. The second-order valence-corrected chi connectivity index (χ2v) is 4.99. The van der Waals surface area contributed by atoms with Gasteiger partial charge >= 0.3 is 0 Å². The number of carbonyl (C=O) groups is 1. The van der Waals surface area contributed by atoms with Gasteiger partial charge in [-0.2, -0.15) is 0 Å². The monoisotopic (exact) mass is 263 g/mol. The molecule has 0 saturated carbocycles. The van der Waals surface area contributed by atoms with Gasteiger partial charge in [0.2, 0.25) is 0 Å². The van der Waals surface area contributed by atoms with Crippen molar-refractivity contribution in [3.05, 3.63) is 77.4 Å². The predicted octanol–water partition coefficient (Wildman–Crippen LogP) is 3.28. The minimum Gasteiger partial charge on any atom is -0.366 e. The van der Waals surface area contributed by atoms with E-state index < -0.39 is 0 Å². The van der Waals surface area contributed by atoms with Crippen molar-refractivity contribution in [1.29, 1.82) is 0 Å². The molecule has 100 valence electrons. The molecule has 0 unspecified atom stereocenters. The summed E-state index contributed by atoms with van der Waals surface area (Å²) in [5, 5.41) is 0. The summed E-state index contributed by atoms with van der Waals surface area (Å²) in [5.74, 6) is 0. The molecule has 0 amide bonds. The first kappa shape index (κ1) is 12.7. The van der Waals surface area contributed by atoms with Crippen LogP contribution < -0.4 is 0 Å². The van der Waals surface area contributed by atoms with Crippen LogP contribution in [0.15, 0.2) is 60.7 Å². The van der Waals surface area contributed by atoms with Gasteiger partial charge < -0.3 is 4.90 Å². The Morgan fingerprint density at radius 1 is 0.950 bits per heavy atom. The molecule has 0 spiro atoms. The SMILES string of the molecule is O=C/C=C(/c1ccccc1)N1CCc2ccccc2C1. The van der Waals surface area contributed by atoms with Crippen LogP contribution in [-0.2, 0) is 17.8 Å². The van der Waals surface area contributed by atoms with E-state index in [1.54, 1.807) is 6.08 Å². The average Bonchev–Trinajstić information content (AvgIpc) is 2.53. The topological polar surface area (TPSA) is 20.3 Å². The van der Waals surface area contributed by atoms with Crippen molar-refractivity contribution in [2.24, 2.45) is 0 Å². The first-order chi connectivity index (χ1) is 9.88. The van der Waals surface area contributed by atoms with Gasteiger partial charge in [-0.3, -0.25) is 4.79 Å². The summed E-state index contributed by atoms with van der Waals surface area (Å²) < 4.78 is 0. The first-order valence-electron chi connectivity index (χ1n) is 6.91. The third-order valence-electron chi connectivity index (χ3n) is 3.77. The van der Waals surface area contributed by atoms with Crippen LogP contribution in [0.1, 0.15) is 16.7 Å². The fourth-order valence-corrected chi connectivity index (χ4v) is 2.76. The summed E-state index contributed by atoms with van der Waals surface area (Å²) in [4.78, 5) is 13.3. The first-order valence-corrected chi connectivity index (χ1v) is 6.91. The van der Waals surface area contributed by atoms with Crippen LogP contribution in [0.5, 0.6) is 0 Å². The standard InChI is InChI=1S/C18H17NO/c20-13-11-18(16-7-2-1-3-8-16)19-12-10-15-6-4-5-9-17(15)14-19/h1-9,11,13H,10,12,14H2/b18-11-. The lowest BCUT2D eigenvalue weighted by atomic mass is 9.98. The Labute approximate surface area is 119 Å². The van der Waals surface area contributed by atoms with Crippen LogP contribution in [-0.4, -0.2) is 17.7 Å². The normalized spacial score (nSPS) is 14.8. The molecule has 0 bridgehead atoms. The fourth-order valence-electron chi connectivity index (χ4n) is 2.76. The van der Waals surface area contributed by atoms with Gasteiger partial charge in [0.25, 0.3) is 0 Å². The molecule has 2 nitrogen and oxygen atoms in total. The lowest BCUT2D eigenvalue weighted by molar-refractivity contribution is -0.104. The van der Waals surface area contributed by atoms with Gasteiger partial charge in [0.1, 0.15) is 6.29 Å². The summed E-state index contributed by atoms with van der Waals surface area (Å²) in [6.07, 6.45) is 3.57. The maximum atomic E-state index is 11.0. The van der Waals surface area contributed by atoms with Crippen LogP contribution in [0, 0.1) is 0 Å². The Hall–Kier alpha value is -2.35. The van der Waals surface area contributed by atoms with Crippen molar-refractivity contribution in [3.63, 3.8) is 0 Å². The second kappa shape index (κ2) is 5.74. The number of carbonyl (C=O) groups excluding carboxylic acids is 1. The molecule has 2 aromatic rings. The van der Waals surface area contributed by atoms with E-state index in [0.29, 0.717) is 0 Å². The third-order valence-corrected chi connectivity index (χ3v) is 3.77. The number of hydrogen-bond acceptors (Lipinski definition) is 2. The van der Waals surface area contributed by atoms with Gasteiger partial charge in [-0.15, -0.1) is 0 Å². The highest BCUT2D eigenvalue weighted by Gasteiger charge is 2.18. The van der Waals surface area contributed by atoms with Crippen LogP contribution in [0.25, 0.3) is 5.70 Å². The quantitative estimate of drug-likeness (QED) is 0.625. The van der Waals surface area contributed by atoms with E-state index in [4.69, 9.17) is 0 Å². The Bertz CT molecular complexity index is 631. The van der Waals surface area contributed by atoms with Gasteiger partial charge in [-0.25, -0.2) is 0 Å². The second-order valence-electron chi connectivity index (χ2n) is 4.99. The maximum absolute atomic E-state index is 11.0. The van der Waals surface area contributed by atoms with E-state index in [1.165, 1.54) is 11.1 Å². The van der Waals surface area contributed by atoms with E-state index in [2.05, 4.69) is 41.3 Å². The van der Waals surface area contributed by atoms with Gasteiger partial charge in [-0.05, 0) is 23.1 Å². The molecule has 1 heterocycles. The summed E-state index contributed by atoms with van der Waals surface area (Å²) in [5.41, 5.74) is 4.88. The Morgan fingerprint density at radius 3 is 2.40 bits per heavy atom. The zero-order chi connectivity index (χ0) is 13.8. The van der Waals surface area contributed by atoms with Crippen molar-refractivity contribution >= 4 is 12.0 Å². The molecule has 0 aliphatic carbocycles. The van der Waals surface area contributed by atoms with E-state index in [-0.39, 0.29) is 0 Å². The summed E-state index contributed by atoms with van der Waals surface area (Å²) in [6.45, 7) is 1.82. The summed E-state index contributed by atoms with van der Waals surface area (Å²) >= 11 is 0. The van der Waals surface area contributed by atoms with E-state index in [1.807, 2.05) is 18.2 Å². The molecule has 2 heteroatoms. The smallest absolute Gasteiger partial charge is 0.144 e. The molecule has 0 N–H and O–H groups in total. The lowest BCUT2D eigenvalue weighted by Crippen LogP contribution is -2.29. The molecule has 0 radical (unpaired) electrons. The molecule has 0 saturated heterocycles. The number of fused-ring (bicyclic) bond motifs is 1. The lowest BCUT2D eigenvalue weighted by Gasteiger charge is -2.32. The van der Waals surface area contributed by atoms with Crippen molar-refractivity contribution in [2.75, 3.05) is 6.54 Å².